The maximum atomic E-state index is 13.3. The standard InChI is InChI=1S/C25H23F3N4O5/c26-25(27,28)24-30-21(31-37-24)16-5-7-17(8-6-16)22(33)29-13-18-14-35-12-11-32(18)23(34)20-10-9-15-3-1-2-4-19(15)36-20/h1-8,18,20H,9-14H2,(H,29,33)/t18-,20?/m1/s1. The monoisotopic (exact) mass is 516 g/mol. The van der Waals surface area contributed by atoms with Gasteiger partial charge in [0, 0.05) is 24.2 Å². The van der Waals surface area contributed by atoms with Crippen molar-refractivity contribution in [1.29, 1.82) is 0 Å². The lowest BCUT2D eigenvalue weighted by Gasteiger charge is -2.38. The first kappa shape index (κ1) is 24.8. The number of benzene rings is 2. The minimum absolute atomic E-state index is 0.139. The summed E-state index contributed by atoms with van der Waals surface area (Å²) in [6.45, 7) is 1.22. The van der Waals surface area contributed by atoms with Crippen LogP contribution in [-0.2, 0) is 22.1 Å². The van der Waals surface area contributed by atoms with Gasteiger partial charge < -0.3 is 24.2 Å². The highest BCUT2D eigenvalue weighted by atomic mass is 19.4. The van der Waals surface area contributed by atoms with E-state index in [2.05, 4.69) is 20.0 Å². The first-order valence-electron chi connectivity index (χ1n) is 11.7. The van der Waals surface area contributed by atoms with E-state index in [4.69, 9.17) is 9.47 Å². The number of morpholine rings is 1. The second kappa shape index (κ2) is 10.2. The Balaban J connectivity index is 1.19. The number of carbonyl (C=O) groups excluding carboxylic acids is 2. The minimum Gasteiger partial charge on any atom is -0.480 e. The van der Waals surface area contributed by atoms with Gasteiger partial charge in [0.15, 0.2) is 6.10 Å². The summed E-state index contributed by atoms with van der Waals surface area (Å²) < 4.78 is 53.8. The van der Waals surface area contributed by atoms with Crippen molar-refractivity contribution in [2.24, 2.45) is 0 Å². The number of nitrogens with zero attached hydrogens (tertiary/aromatic N) is 3. The van der Waals surface area contributed by atoms with Crippen molar-refractivity contribution >= 4 is 11.8 Å². The van der Waals surface area contributed by atoms with Crippen LogP contribution in [0.1, 0.15) is 28.2 Å². The molecule has 0 radical (unpaired) electrons. The van der Waals surface area contributed by atoms with Crippen molar-refractivity contribution in [2.45, 2.75) is 31.2 Å². The average Bonchev–Trinajstić information content (AvgIpc) is 3.43. The van der Waals surface area contributed by atoms with Crippen molar-refractivity contribution in [3.63, 3.8) is 0 Å². The Hall–Kier alpha value is -3.93. The maximum Gasteiger partial charge on any atom is 0.471 e. The molecule has 1 aromatic heterocycles. The number of halogens is 3. The molecular weight excluding hydrogens is 493 g/mol. The van der Waals surface area contributed by atoms with Crippen LogP contribution < -0.4 is 10.1 Å². The largest absolute Gasteiger partial charge is 0.480 e. The van der Waals surface area contributed by atoms with Crippen LogP contribution >= 0.6 is 0 Å². The normalized spacial score (nSPS) is 19.6. The summed E-state index contributed by atoms with van der Waals surface area (Å²) in [5, 5.41) is 6.14. The second-order valence-corrected chi connectivity index (χ2v) is 8.72. The Morgan fingerprint density at radius 3 is 2.65 bits per heavy atom. The Morgan fingerprint density at radius 2 is 1.89 bits per heavy atom. The number of aromatic nitrogens is 2. The van der Waals surface area contributed by atoms with Crippen LogP contribution in [-0.4, -0.2) is 65.3 Å². The predicted molar refractivity (Wildman–Crippen MR) is 123 cm³/mol. The lowest BCUT2D eigenvalue weighted by molar-refractivity contribution is -0.159. The minimum atomic E-state index is -4.74. The van der Waals surface area contributed by atoms with Crippen molar-refractivity contribution < 1.29 is 36.8 Å². The van der Waals surface area contributed by atoms with Gasteiger partial charge in [0.2, 0.25) is 5.82 Å². The van der Waals surface area contributed by atoms with Gasteiger partial charge >= 0.3 is 12.1 Å². The summed E-state index contributed by atoms with van der Waals surface area (Å²) in [6, 6.07) is 13.0. The highest BCUT2D eigenvalue weighted by molar-refractivity contribution is 5.94. The van der Waals surface area contributed by atoms with E-state index in [1.54, 1.807) is 4.90 Å². The third-order valence-corrected chi connectivity index (χ3v) is 6.28. The number of ether oxygens (including phenoxy) is 2. The van der Waals surface area contributed by atoms with E-state index < -0.39 is 24.1 Å². The van der Waals surface area contributed by atoms with Gasteiger partial charge in [-0.1, -0.05) is 35.5 Å². The van der Waals surface area contributed by atoms with Gasteiger partial charge in [0.25, 0.3) is 11.8 Å². The number of alkyl halides is 3. The molecule has 2 atom stereocenters. The quantitative estimate of drug-likeness (QED) is 0.556. The number of aryl methyl sites for hydroxylation is 1. The second-order valence-electron chi connectivity index (χ2n) is 8.72. The smallest absolute Gasteiger partial charge is 0.471 e. The number of carbonyl (C=O) groups is 2. The molecule has 5 rings (SSSR count). The molecule has 0 spiro atoms. The molecule has 2 aliphatic rings. The lowest BCUT2D eigenvalue weighted by Crippen LogP contribution is -2.57. The Morgan fingerprint density at radius 1 is 1.11 bits per heavy atom. The Kier molecular flexibility index (Phi) is 6.83. The molecule has 37 heavy (non-hydrogen) atoms. The molecule has 1 unspecified atom stereocenters. The van der Waals surface area contributed by atoms with Crippen LogP contribution in [0.15, 0.2) is 53.1 Å². The number of para-hydroxylation sites is 1. The zero-order valence-corrected chi connectivity index (χ0v) is 19.5. The number of amides is 2. The van der Waals surface area contributed by atoms with Gasteiger partial charge in [-0.25, -0.2) is 0 Å². The molecule has 2 aliphatic heterocycles. The van der Waals surface area contributed by atoms with Crippen LogP contribution in [0.25, 0.3) is 11.4 Å². The van der Waals surface area contributed by atoms with E-state index in [1.165, 1.54) is 24.3 Å². The summed E-state index contributed by atoms with van der Waals surface area (Å²) >= 11 is 0. The number of fused-ring (bicyclic) bond motifs is 1. The molecule has 194 valence electrons. The molecule has 0 bridgehead atoms. The van der Waals surface area contributed by atoms with Gasteiger partial charge in [-0.15, -0.1) is 0 Å². The first-order valence-corrected chi connectivity index (χ1v) is 11.7. The zero-order chi connectivity index (χ0) is 26.0. The highest BCUT2D eigenvalue weighted by Crippen LogP contribution is 2.30. The van der Waals surface area contributed by atoms with Crippen molar-refractivity contribution in [3.05, 3.63) is 65.5 Å². The molecular formula is C25H23F3N4O5. The SMILES string of the molecule is O=C(NC[C@@H]1COCCN1C(=O)C1CCc2ccccc2O1)c1ccc(-c2noc(C(F)(F)F)n2)cc1. The molecule has 1 fully saturated rings. The highest BCUT2D eigenvalue weighted by Gasteiger charge is 2.38. The number of nitrogens with one attached hydrogen (secondary N) is 1. The molecule has 0 saturated carbocycles. The van der Waals surface area contributed by atoms with Gasteiger partial charge in [0.1, 0.15) is 5.75 Å². The average molecular weight is 516 g/mol. The molecule has 0 aliphatic carbocycles. The van der Waals surface area contributed by atoms with Gasteiger partial charge in [0.05, 0.1) is 19.3 Å². The number of rotatable bonds is 5. The van der Waals surface area contributed by atoms with E-state index in [0.717, 1.165) is 12.0 Å². The molecule has 1 saturated heterocycles. The fraction of sp³-hybridized carbons (Fsp3) is 0.360. The van der Waals surface area contributed by atoms with Gasteiger partial charge in [-0.3, -0.25) is 9.59 Å². The summed E-state index contributed by atoms with van der Waals surface area (Å²) in [5.74, 6) is -1.51. The Labute approximate surface area is 209 Å². The van der Waals surface area contributed by atoms with Gasteiger partial charge in [-0.2, -0.15) is 18.2 Å². The van der Waals surface area contributed by atoms with E-state index in [1.807, 2.05) is 24.3 Å². The van der Waals surface area contributed by atoms with Gasteiger partial charge in [-0.05, 0) is 36.6 Å². The third kappa shape index (κ3) is 5.43. The number of hydrogen-bond acceptors (Lipinski definition) is 7. The summed E-state index contributed by atoms with van der Waals surface area (Å²) in [5.41, 5.74) is 1.62. The van der Waals surface area contributed by atoms with Crippen molar-refractivity contribution in [3.8, 4) is 17.1 Å². The Bertz CT molecular complexity index is 1280. The van der Waals surface area contributed by atoms with Crippen LogP contribution in [0.3, 0.4) is 0 Å². The van der Waals surface area contributed by atoms with Crippen molar-refractivity contribution in [2.75, 3.05) is 26.3 Å². The van der Waals surface area contributed by atoms with E-state index in [-0.39, 0.29) is 42.1 Å². The predicted octanol–water partition coefficient (Wildman–Crippen LogP) is 3.11. The molecule has 2 amide bonds. The third-order valence-electron chi connectivity index (χ3n) is 6.28. The fourth-order valence-electron chi connectivity index (χ4n) is 4.34. The van der Waals surface area contributed by atoms with Crippen LogP contribution in [0, 0.1) is 0 Å². The van der Waals surface area contributed by atoms with Crippen LogP contribution in [0.4, 0.5) is 13.2 Å². The summed E-state index contributed by atoms with van der Waals surface area (Å²) in [7, 11) is 0. The van der Waals surface area contributed by atoms with Crippen LogP contribution in [0.5, 0.6) is 5.75 Å². The van der Waals surface area contributed by atoms with E-state index >= 15 is 0 Å². The summed E-state index contributed by atoms with van der Waals surface area (Å²) in [6.07, 6.45) is -4.02. The number of hydrogen-bond donors (Lipinski definition) is 1. The fourth-order valence-corrected chi connectivity index (χ4v) is 4.34. The molecule has 1 N–H and O–H groups in total. The van der Waals surface area contributed by atoms with Crippen LogP contribution in [0.2, 0.25) is 0 Å². The molecule has 12 heteroatoms. The summed E-state index contributed by atoms with van der Waals surface area (Å²) in [4.78, 5) is 31.0. The topological polar surface area (TPSA) is 107 Å². The molecule has 3 aromatic rings. The van der Waals surface area contributed by atoms with E-state index in [0.29, 0.717) is 25.3 Å². The van der Waals surface area contributed by atoms with E-state index in [9.17, 15) is 22.8 Å². The first-order chi connectivity index (χ1) is 17.8. The lowest BCUT2D eigenvalue weighted by atomic mass is 10.0. The molecule has 2 aromatic carbocycles. The molecule has 3 heterocycles. The molecule has 9 nitrogen and oxygen atoms in total. The zero-order valence-electron chi connectivity index (χ0n) is 19.5. The maximum absolute atomic E-state index is 13.3. The van der Waals surface area contributed by atoms with Crippen molar-refractivity contribution in [1.82, 2.24) is 20.4 Å².